The Balaban J connectivity index is 0. The van der Waals surface area contributed by atoms with Gasteiger partial charge in [0.15, 0.2) is 0 Å². The summed E-state index contributed by atoms with van der Waals surface area (Å²) in [6.45, 7) is 5.78. The summed E-state index contributed by atoms with van der Waals surface area (Å²) < 4.78 is 0. The van der Waals surface area contributed by atoms with Gasteiger partial charge in [-0.3, -0.25) is 0 Å². The minimum Gasteiger partial charge on any atom is -0.103 e. The van der Waals surface area contributed by atoms with Crippen molar-refractivity contribution in [3.63, 3.8) is 0 Å². The van der Waals surface area contributed by atoms with E-state index < -0.39 is 0 Å². The van der Waals surface area contributed by atoms with Crippen LogP contribution in [0.4, 0.5) is 0 Å². The molecule has 0 amide bonds. The van der Waals surface area contributed by atoms with Crippen molar-refractivity contribution in [3.8, 4) is 0 Å². The minimum atomic E-state index is 0. The van der Waals surface area contributed by atoms with Gasteiger partial charge in [0.1, 0.15) is 0 Å². The quantitative estimate of drug-likeness (QED) is 0.306. The van der Waals surface area contributed by atoms with Gasteiger partial charge in [0.05, 0.1) is 0 Å². The maximum Gasteiger partial charge on any atom is 0 e. The Morgan fingerprint density at radius 1 is 1.57 bits per heavy atom. The topological polar surface area (TPSA) is 0 Å². The van der Waals surface area contributed by atoms with E-state index >= 15 is 0 Å². The number of rotatable bonds is 3. The Labute approximate surface area is 88.8 Å². The summed E-state index contributed by atoms with van der Waals surface area (Å²) >= 11 is 0. The predicted molar refractivity (Wildman–Crippen MR) is 35.5 cm³/mol. The molecule has 0 aliphatic rings. The van der Waals surface area contributed by atoms with Gasteiger partial charge in [-0.1, -0.05) is 25.8 Å². The smallest absolute Gasteiger partial charge is 0 e. The average molecular weight is 123 g/mol. The van der Waals surface area contributed by atoms with Crippen LogP contribution in [-0.4, -0.2) is 51.4 Å². The van der Waals surface area contributed by atoms with E-state index in [0.29, 0.717) is 0 Å². The van der Waals surface area contributed by atoms with Gasteiger partial charge in [-0.2, -0.15) is 0 Å². The molecule has 37 valence electrons. The Hall–Kier alpha value is 1.38. The van der Waals surface area contributed by atoms with Crippen LogP contribution < -0.4 is 0 Å². The minimum absolute atomic E-state index is 0. The third-order valence-corrected chi connectivity index (χ3v) is 0.762. The van der Waals surface area contributed by atoms with Crippen LogP contribution in [0.3, 0.4) is 0 Å². The monoisotopic (exact) mass is 123 g/mol. The maximum absolute atomic E-state index is 3.60. The van der Waals surface area contributed by atoms with Crippen LogP contribution in [0.2, 0.25) is 0 Å². The fraction of sp³-hybridized carbons (Fsp3) is 0.667. The molecule has 0 N–H and O–H groups in total. The fourth-order valence-corrected chi connectivity index (χ4v) is 0.348. The molecule has 0 bridgehead atoms. The van der Waals surface area contributed by atoms with Crippen molar-refractivity contribution in [2.75, 3.05) is 0 Å². The molecule has 1 heteroatoms. The van der Waals surface area contributed by atoms with Crippen molar-refractivity contribution in [3.05, 3.63) is 12.7 Å². The van der Waals surface area contributed by atoms with Crippen molar-refractivity contribution in [2.24, 2.45) is 0 Å². The molecule has 0 rings (SSSR count). The van der Waals surface area contributed by atoms with Crippen LogP contribution >= 0.6 is 0 Å². The predicted octanol–water partition coefficient (Wildman–Crippen LogP) is 1.98. The Bertz CT molecular complexity index is 33.2. The first-order valence-electron chi connectivity index (χ1n) is 2.52. The van der Waals surface area contributed by atoms with Crippen molar-refractivity contribution in [1.82, 2.24) is 0 Å². The van der Waals surface area contributed by atoms with Gasteiger partial charge in [-0.25, -0.2) is 0 Å². The Morgan fingerprint density at radius 3 is 2.29 bits per heavy atom. The number of unbranched alkanes of at least 4 members (excludes halogenated alkanes) is 2. The number of allylic oxidation sites excluding steroid dienone is 1. The van der Waals surface area contributed by atoms with E-state index in [9.17, 15) is 0 Å². The summed E-state index contributed by atoms with van der Waals surface area (Å²) in [5, 5.41) is 0. The molecule has 7 heavy (non-hydrogen) atoms. The van der Waals surface area contributed by atoms with E-state index in [1.165, 1.54) is 19.3 Å². The third kappa shape index (κ3) is 11.1. The molecule has 0 fully saturated rings. The molecule has 0 saturated heterocycles. The molecule has 0 aliphatic heterocycles. The van der Waals surface area contributed by atoms with Crippen LogP contribution in [0.1, 0.15) is 26.2 Å². The van der Waals surface area contributed by atoms with Crippen LogP contribution in [-0.2, 0) is 0 Å². The molecule has 0 heterocycles. The van der Waals surface area contributed by atoms with E-state index in [1.54, 1.807) is 0 Å². The molecule has 0 aliphatic carbocycles. The molecule has 0 nitrogen and oxygen atoms in total. The van der Waals surface area contributed by atoms with Crippen LogP contribution in [0.25, 0.3) is 0 Å². The zero-order chi connectivity index (χ0) is 4.83. The second kappa shape index (κ2) is 10.4. The zero-order valence-corrected chi connectivity index (χ0v) is 8.53. The van der Waals surface area contributed by atoms with Crippen molar-refractivity contribution < 1.29 is 0 Å². The fourth-order valence-electron chi connectivity index (χ4n) is 0.348. The molecule has 0 aromatic carbocycles. The standard InChI is InChI=1S/C6H12.K/c1-3-5-6-4-2;/h3H,1,4-6H2,2H3;. The van der Waals surface area contributed by atoms with Gasteiger partial charge in [-0.05, 0) is 6.42 Å². The SMILES string of the molecule is C=CCCCC.[K]. The first-order chi connectivity index (χ1) is 2.91. The van der Waals surface area contributed by atoms with Gasteiger partial charge in [-0.15, -0.1) is 6.58 Å². The molecule has 0 spiro atoms. The number of hydrogen-bond donors (Lipinski definition) is 0. The number of hydrogen-bond acceptors (Lipinski definition) is 0. The maximum atomic E-state index is 3.60. The van der Waals surface area contributed by atoms with Crippen molar-refractivity contribution in [1.29, 1.82) is 0 Å². The van der Waals surface area contributed by atoms with Crippen molar-refractivity contribution in [2.45, 2.75) is 26.2 Å². The first-order valence-corrected chi connectivity index (χ1v) is 2.52. The average Bonchev–Trinajstić information content (AvgIpc) is 1.61. The zero-order valence-electron chi connectivity index (χ0n) is 5.41. The first kappa shape index (κ1) is 11.2. The van der Waals surface area contributed by atoms with E-state index in [2.05, 4.69) is 13.5 Å². The summed E-state index contributed by atoms with van der Waals surface area (Å²) in [6.07, 6.45) is 5.72. The summed E-state index contributed by atoms with van der Waals surface area (Å²) in [4.78, 5) is 0. The van der Waals surface area contributed by atoms with Crippen LogP contribution in [0.5, 0.6) is 0 Å². The van der Waals surface area contributed by atoms with E-state index in [-0.39, 0.29) is 51.4 Å². The third-order valence-electron chi connectivity index (χ3n) is 0.762. The summed E-state index contributed by atoms with van der Waals surface area (Å²) in [6, 6.07) is 0. The molecular formula is C6H12K. The summed E-state index contributed by atoms with van der Waals surface area (Å²) in [5.41, 5.74) is 0. The molecule has 0 unspecified atom stereocenters. The van der Waals surface area contributed by atoms with Gasteiger partial charge in [0.2, 0.25) is 0 Å². The molecule has 1 radical (unpaired) electrons. The van der Waals surface area contributed by atoms with Gasteiger partial charge >= 0.3 is 0 Å². The van der Waals surface area contributed by atoms with Crippen molar-refractivity contribution >= 4 is 51.4 Å². The van der Waals surface area contributed by atoms with Gasteiger partial charge in [0.25, 0.3) is 0 Å². The van der Waals surface area contributed by atoms with Gasteiger partial charge in [0, 0.05) is 51.4 Å². The summed E-state index contributed by atoms with van der Waals surface area (Å²) in [7, 11) is 0. The van der Waals surface area contributed by atoms with E-state index in [1.807, 2.05) is 6.08 Å². The van der Waals surface area contributed by atoms with Crippen LogP contribution in [0.15, 0.2) is 12.7 Å². The summed E-state index contributed by atoms with van der Waals surface area (Å²) in [5.74, 6) is 0. The Kier molecular flexibility index (Phi) is 16.6. The Morgan fingerprint density at radius 2 is 2.14 bits per heavy atom. The van der Waals surface area contributed by atoms with E-state index in [4.69, 9.17) is 0 Å². The molecule has 0 aromatic heterocycles. The van der Waals surface area contributed by atoms with E-state index in [0.717, 1.165) is 0 Å². The molecule has 0 saturated carbocycles. The van der Waals surface area contributed by atoms with Crippen LogP contribution in [0, 0.1) is 0 Å². The molecule has 0 aromatic rings. The molecular weight excluding hydrogens is 111 g/mol. The van der Waals surface area contributed by atoms with Gasteiger partial charge < -0.3 is 0 Å². The largest absolute Gasteiger partial charge is 0.103 e. The molecule has 0 atom stereocenters. The second-order valence-corrected chi connectivity index (χ2v) is 1.43. The normalized spacial score (nSPS) is 7.00. The second-order valence-electron chi connectivity index (χ2n) is 1.43.